The molecule has 1 unspecified atom stereocenters. The Bertz CT molecular complexity index is 236. The fraction of sp³-hybridized carbons (Fsp3) is 0.800. The molecule has 1 atom stereocenters. The van der Waals surface area contributed by atoms with E-state index in [1.807, 2.05) is 0 Å². The summed E-state index contributed by atoms with van der Waals surface area (Å²) in [5.41, 5.74) is 0. The summed E-state index contributed by atoms with van der Waals surface area (Å²) in [7, 11) is 3.33. The number of rotatable bonds is 7. The molecule has 0 fully saturated rings. The molecule has 0 aliphatic carbocycles. The maximum Gasteiger partial charge on any atom is 0.245 e. The number of nitrogens with one attached hydrogen (secondary N) is 1. The summed E-state index contributed by atoms with van der Waals surface area (Å²) < 4.78 is 4.90. The first-order valence-electron chi connectivity index (χ1n) is 5.14. The van der Waals surface area contributed by atoms with E-state index in [2.05, 4.69) is 17.9 Å². The molecule has 0 saturated carbocycles. The van der Waals surface area contributed by atoms with Gasteiger partial charge in [-0.2, -0.15) is 12.6 Å². The summed E-state index contributed by atoms with van der Waals surface area (Å²) in [6.07, 6.45) is 0.776. The highest BCUT2D eigenvalue weighted by molar-refractivity contribution is 7.80. The molecule has 0 aliphatic heterocycles. The van der Waals surface area contributed by atoms with Gasteiger partial charge in [0.15, 0.2) is 0 Å². The maximum atomic E-state index is 11.8. The van der Waals surface area contributed by atoms with Gasteiger partial charge >= 0.3 is 0 Å². The topological polar surface area (TPSA) is 58.6 Å². The summed E-state index contributed by atoms with van der Waals surface area (Å²) in [6.45, 7) is 2.61. The number of ether oxygens (including phenoxy) is 1. The average Bonchev–Trinajstić information content (AvgIpc) is 2.24. The van der Waals surface area contributed by atoms with Gasteiger partial charge in [0.1, 0.15) is 6.04 Å². The Kier molecular flexibility index (Phi) is 8.01. The molecule has 16 heavy (non-hydrogen) atoms. The molecule has 0 rings (SSSR count). The monoisotopic (exact) mass is 248 g/mol. The van der Waals surface area contributed by atoms with Crippen LogP contribution in [-0.4, -0.2) is 55.8 Å². The van der Waals surface area contributed by atoms with Gasteiger partial charge < -0.3 is 15.0 Å². The van der Waals surface area contributed by atoms with Crippen LogP contribution >= 0.6 is 12.6 Å². The van der Waals surface area contributed by atoms with Crippen molar-refractivity contribution >= 4 is 24.4 Å². The number of likely N-dealkylation sites (N-methyl/N-ethyl adjacent to an activating group) is 1. The normalized spacial score (nSPS) is 12.0. The minimum absolute atomic E-state index is 0.124. The molecule has 2 amide bonds. The molecule has 0 aromatic carbocycles. The van der Waals surface area contributed by atoms with Gasteiger partial charge in [0.25, 0.3) is 0 Å². The first kappa shape index (κ1) is 15.2. The number of thiol groups is 1. The van der Waals surface area contributed by atoms with E-state index < -0.39 is 6.04 Å². The Labute approximate surface area is 102 Å². The van der Waals surface area contributed by atoms with E-state index in [1.54, 1.807) is 19.1 Å². The van der Waals surface area contributed by atoms with Crippen molar-refractivity contribution in [2.75, 3.05) is 33.1 Å². The second-order valence-electron chi connectivity index (χ2n) is 3.54. The lowest BCUT2D eigenvalue weighted by atomic mass is 10.2. The fourth-order valence-electron chi connectivity index (χ4n) is 1.25. The first-order valence-corrected chi connectivity index (χ1v) is 5.78. The lowest BCUT2D eigenvalue weighted by Crippen LogP contribution is -2.48. The molecule has 5 nitrogen and oxygen atoms in total. The van der Waals surface area contributed by atoms with Crippen LogP contribution in [0.5, 0.6) is 0 Å². The molecule has 1 N–H and O–H groups in total. The van der Waals surface area contributed by atoms with Gasteiger partial charge in [-0.3, -0.25) is 9.59 Å². The summed E-state index contributed by atoms with van der Waals surface area (Å²) in [5, 5.41) is 2.56. The highest BCUT2D eigenvalue weighted by atomic mass is 32.1. The van der Waals surface area contributed by atoms with Gasteiger partial charge in [-0.05, 0) is 6.42 Å². The van der Waals surface area contributed by atoms with E-state index in [4.69, 9.17) is 4.74 Å². The second kappa shape index (κ2) is 8.41. The lowest BCUT2D eigenvalue weighted by molar-refractivity contribution is -0.134. The summed E-state index contributed by atoms with van der Waals surface area (Å²) in [4.78, 5) is 24.3. The van der Waals surface area contributed by atoms with E-state index in [1.165, 1.54) is 6.92 Å². The molecular formula is C10H20N2O3S. The summed E-state index contributed by atoms with van der Waals surface area (Å²) in [5.74, 6) is -0.0495. The van der Waals surface area contributed by atoms with E-state index in [9.17, 15) is 9.59 Å². The van der Waals surface area contributed by atoms with Crippen molar-refractivity contribution in [2.24, 2.45) is 0 Å². The molecule has 94 valence electrons. The van der Waals surface area contributed by atoms with E-state index in [-0.39, 0.29) is 11.8 Å². The molecule has 0 aromatic rings. The van der Waals surface area contributed by atoms with Gasteiger partial charge in [-0.1, -0.05) is 0 Å². The number of carbonyl (C=O) groups is 2. The van der Waals surface area contributed by atoms with Gasteiger partial charge in [-0.15, -0.1) is 0 Å². The minimum atomic E-state index is -0.548. The lowest BCUT2D eigenvalue weighted by Gasteiger charge is -2.23. The van der Waals surface area contributed by atoms with E-state index in [0.29, 0.717) is 18.9 Å². The molecule has 0 bridgehead atoms. The maximum absolute atomic E-state index is 11.8. The van der Waals surface area contributed by atoms with Crippen molar-refractivity contribution in [1.29, 1.82) is 0 Å². The molecule has 0 spiro atoms. The average molecular weight is 248 g/mol. The van der Waals surface area contributed by atoms with Crippen LogP contribution in [0.25, 0.3) is 0 Å². The Hall–Kier alpha value is -0.750. The fourth-order valence-corrected chi connectivity index (χ4v) is 1.50. The van der Waals surface area contributed by atoms with Crippen molar-refractivity contribution in [3.8, 4) is 0 Å². The third-order valence-corrected chi connectivity index (χ3v) is 2.44. The molecule has 0 saturated heterocycles. The number of carbonyl (C=O) groups excluding carboxylic acids is 2. The second-order valence-corrected chi connectivity index (χ2v) is 3.91. The van der Waals surface area contributed by atoms with Crippen molar-refractivity contribution in [2.45, 2.75) is 19.4 Å². The van der Waals surface area contributed by atoms with Gasteiger partial charge in [0.2, 0.25) is 11.8 Å². The quantitative estimate of drug-likeness (QED) is 0.489. The molecule has 0 radical (unpaired) electrons. The van der Waals surface area contributed by atoms with Gasteiger partial charge in [-0.25, -0.2) is 0 Å². The largest absolute Gasteiger partial charge is 0.385 e. The zero-order valence-corrected chi connectivity index (χ0v) is 10.9. The van der Waals surface area contributed by atoms with Gasteiger partial charge in [0.05, 0.1) is 0 Å². The van der Waals surface area contributed by atoms with Crippen LogP contribution in [0, 0.1) is 0 Å². The number of methoxy groups -OCH3 is 1. The van der Waals surface area contributed by atoms with Crippen molar-refractivity contribution in [1.82, 2.24) is 10.2 Å². The Morgan fingerprint density at radius 2 is 2.12 bits per heavy atom. The molecular weight excluding hydrogens is 228 g/mol. The zero-order chi connectivity index (χ0) is 12.6. The highest BCUT2D eigenvalue weighted by Crippen LogP contribution is 1.97. The van der Waals surface area contributed by atoms with Crippen LogP contribution in [0.15, 0.2) is 0 Å². The molecule has 6 heteroatoms. The van der Waals surface area contributed by atoms with Crippen LogP contribution in [0.3, 0.4) is 0 Å². The third-order valence-electron chi connectivity index (χ3n) is 2.08. The highest BCUT2D eigenvalue weighted by Gasteiger charge is 2.20. The Morgan fingerprint density at radius 1 is 1.50 bits per heavy atom. The Morgan fingerprint density at radius 3 is 2.56 bits per heavy atom. The SMILES string of the molecule is COCCCN(C)C(=O)C(CS)NC(C)=O. The number of hydrogen-bond donors (Lipinski definition) is 2. The summed E-state index contributed by atoms with van der Waals surface area (Å²) in [6, 6.07) is -0.548. The first-order chi connectivity index (χ1) is 7.52. The predicted octanol–water partition coefficient (Wildman–Crippen LogP) is -0.0842. The van der Waals surface area contributed by atoms with Crippen LogP contribution in [0.1, 0.15) is 13.3 Å². The standard InChI is InChI=1S/C10H20N2O3S/c1-8(13)11-9(7-16)10(14)12(2)5-4-6-15-3/h9,16H,4-7H2,1-3H3,(H,11,13). The number of amides is 2. The predicted molar refractivity (Wildman–Crippen MR) is 65.6 cm³/mol. The van der Waals surface area contributed by atoms with Gasteiger partial charge in [0, 0.05) is 40.0 Å². The molecule has 0 aliphatic rings. The van der Waals surface area contributed by atoms with Crippen molar-refractivity contribution < 1.29 is 14.3 Å². The van der Waals surface area contributed by atoms with Crippen LogP contribution in [-0.2, 0) is 14.3 Å². The van der Waals surface area contributed by atoms with Crippen molar-refractivity contribution in [3.63, 3.8) is 0 Å². The summed E-state index contributed by atoms with van der Waals surface area (Å²) >= 11 is 4.05. The number of hydrogen-bond acceptors (Lipinski definition) is 4. The zero-order valence-electron chi connectivity index (χ0n) is 10.0. The third kappa shape index (κ3) is 5.97. The molecule has 0 heterocycles. The minimum Gasteiger partial charge on any atom is -0.385 e. The van der Waals surface area contributed by atoms with Crippen LogP contribution in [0.2, 0.25) is 0 Å². The molecule has 0 aromatic heterocycles. The van der Waals surface area contributed by atoms with Crippen molar-refractivity contribution in [3.05, 3.63) is 0 Å². The smallest absolute Gasteiger partial charge is 0.245 e. The van der Waals surface area contributed by atoms with Crippen LogP contribution in [0.4, 0.5) is 0 Å². The number of nitrogens with zero attached hydrogens (tertiary/aromatic N) is 1. The van der Waals surface area contributed by atoms with E-state index in [0.717, 1.165) is 6.42 Å². The van der Waals surface area contributed by atoms with E-state index >= 15 is 0 Å². The van der Waals surface area contributed by atoms with Crippen LogP contribution < -0.4 is 5.32 Å². The Balaban J connectivity index is 4.11.